The number of piperidine rings is 1. The van der Waals surface area contributed by atoms with Crippen LogP contribution in [0.3, 0.4) is 0 Å². The summed E-state index contributed by atoms with van der Waals surface area (Å²) in [5.41, 5.74) is 1.01. The molecule has 0 saturated carbocycles. The van der Waals surface area contributed by atoms with Gasteiger partial charge in [-0.3, -0.25) is 10.1 Å². The number of nitrogens with zero attached hydrogens (tertiary/aromatic N) is 4. The first-order valence-electron chi connectivity index (χ1n) is 6.96. The van der Waals surface area contributed by atoms with Crippen LogP contribution in [0.4, 0.5) is 17.1 Å². The van der Waals surface area contributed by atoms with Crippen molar-refractivity contribution in [3.05, 3.63) is 40.1 Å². The van der Waals surface area contributed by atoms with Crippen LogP contribution in [-0.2, 0) is 0 Å². The number of anilines is 2. The number of nitriles is 2. The van der Waals surface area contributed by atoms with Crippen LogP contribution < -0.4 is 10.2 Å². The Kier molecular flexibility index (Phi) is 4.94. The van der Waals surface area contributed by atoms with Crippen molar-refractivity contribution in [2.75, 3.05) is 23.3 Å². The number of hydrogen-bond acceptors (Lipinski definition) is 6. The molecule has 1 heterocycles. The van der Waals surface area contributed by atoms with E-state index in [1.54, 1.807) is 24.3 Å². The molecule has 1 aliphatic rings. The van der Waals surface area contributed by atoms with E-state index in [0.717, 1.165) is 32.4 Å². The molecular weight excluding hydrogens is 282 g/mol. The lowest BCUT2D eigenvalue weighted by molar-refractivity contribution is -0.384. The van der Waals surface area contributed by atoms with Gasteiger partial charge in [-0.15, -0.1) is 0 Å². The average molecular weight is 297 g/mol. The second kappa shape index (κ2) is 7.09. The molecule has 2 rings (SSSR count). The van der Waals surface area contributed by atoms with Crippen LogP contribution in [0.2, 0.25) is 0 Å². The van der Waals surface area contributed by atoms with Gasteiger partial charge in [0.2, 0.25) is 0 Å². The summed E-state index contributed by atoms with van der Waals surface area (Å²) in [6.07, 6.45) is 4.46. The molecule has 0 bridgehead atoms. The number of benzene rings is 1. The molecule has 0 spiro atoms. The van der Waals surface area contributed by atoms with Gasteiger partial charge in [0.1, 0.15) is 23.4 Å². The van der Waals surface area contributed by atoms with Crippen LogP contribution in [0, 0.1) is 32.8 Å². The molecule has 1 aromatic rings. The standard InChI is InChI=1S/C15H15N5O2/c16-9-12(10-17)11-18-13-4-5-14(15(8-13)20(21)22)19-6-2-1-3-7-19/h4-5,8,11,18H,1-3,6-7H2. The quantitative estimate of drug-likeness (QED) is 0.520. The van der Waals surface area contributed by atoms with Gasteiger partial charge >= 0.3 is 0 Å². The van der Waals surface area contributed by atoms with E-state index in [1.807, 2.05) is 4.90 Å². The van der Waals surface area contributed by atoms with E-state index in [0.29, 0.717) is 11.4 Å². The van der Waals surface area contributed by atoms with Gasteiger partial charge in [0.15, 0.2) is 0 Å². The number of nitro groups is 1. The molecule has 1 N–H and O–H groups in total. The summed E-state index contributed by atoms with van der Waals surface area (Å²) in [5, 5.41) is 31.4. The number of nitrogens with one attached hydrogen (secondary N) is 1. The third-order valence-corrected chi connectivity index (χ3v) is 3.49. The molecule has 0 unspecified atom stereocenters. The molecular formula is C15H15N5O2. The van der Waals surface area contributed by atoms with Crippen molar-refractivity contribution in [2.45, 2.75) is 19.3 Å². The van der Waals surface area contributed by atoms with Gasteiger partial charge in [-0.2, -0.15) is 10.5 Å². The van der Waals surface area contributed by atoms with Gasteiger partial charge in [-0.05, 0) is 31.4 Å². The number of nitro benzene ring substituents is 1. The Morgan fingerprint density at radius 1 is 1.27 bits per heavy atom. The summed E-state index contributed by atoms with van der Waals surface area (Å²) in [7, 11) is 0. The van der Waals surface area contributed by atoms with E-state index in [-0.39, 0.29) is 11.3 Å². The van der Waals surface area contributed by atoms with Crippen molar-refractivity contribution in [1.82, 2.24) is 0 Å². The predicted molar refractivity (Wildman–Crippen MR) is 82.1 cm³/mol. The molecule has 0 aromatic heterocycles. The molecule has 112 valence electrons. The monoisotopic (exact) mass is 297 g/mol. The first-order valence-corrected chi connectivity index (χ1v) is 6.96. The van der Waals surface area contributed by atoms with Crippen molar-refractivity contribution in [1.29, 1.82) is 10.5 Å². The lowest BCUT2D eigenvalue weighted by Gasteiger charge is -2.28. The van der Waals surface area contributed by atoms with E-state index in [1.165, 1.54) is 12.3 Å². The Morgan fingerprint density at radius 3 is 2.55 bits per heavy atom. The van der Waals surface area contributed by atoms with Crippen molar-refractivity contribution in [2.24, 2.45) is 0 Å². The minimum Gasteiger partial charge on any atom is -0.366 e. The maximum atomic E-state index is 11.3. The molecule has 1 saturated heterocycles. The Hall–Kier alpha value is -3.06. The van der Waals surface area contributed by atoms with Gasteiger partial charge in [-0.1, -0.05) is 0 Å². The third-order valence-electron chi connectivity index (χ3n) is 3.49. The zero-order valence-electron chi connectivity index (χ0n) is 12.0. The molecule has 22 heavy (non-hydrogen) atoms. The first kappa shape index (κ1) is 15.3. The number of rotatable bonds is 4. The SMILES string of the molecule is N#CC(C#N)=CNc1ccc(N2CCCCC2)c([N+](=O)[O-])c1. The maximum Gasteiger partial charge on any atom is 0.294 e. The van der Waals surface area contributed by atoms with Crippen LogP contribution in [0.5, 0.6) is 0 Å². The molecule has 0 radical (unpaired) electrons. The summed E-state index contributed by atoms with van der Waals surface area (Å²) in [4.78, 5) is 12.9. The topological polar surface area (TPSA) is 106 Å². The van der Waals surface area contributed by atoms with Gasteiger partial charge in [0, 0.05) is 31.0 Å². The largest absolute Gasteiger partial charge is 0.366 e. The van der Waals surface area contributed by atoms with Gasteiger partial charge < -0.3 is 10.2 Å². The lowest BCUT2D eigenvalue weighted by Crippen LogP contribution is -2.29. The molecule has 1 aliphatic heterocycles. The molecule has 1 fully saturated rings. The van der Waals surface area contributed by atoms with Crippen LogP contribution in [0.25, 0.3) is 0 Å². The zero-order valence-corrected chi connectivity index (χ0v) is 12.0. The maximum absolute atomic E-state index is 11.3. The third kappa shape index (κ3) is 3.53. The number of hydrogen-bond donors (Lipinski definition) is 1. The van der Waals surface area contributed by atoms with Crippen LogP contribution in [-0.4, -0.2) is 18.0 Å². The Labute approximate surface area is 128 Å². The first-order chi connectivity index (χ1) is 10.7. The molecule has 7 heteroatoms. The van der Waals surface area contributed by atoms with Crippen molar-refractivity contribution in [3.63, 3.8) is 0 Å². The van der Waals surface area contributed by atoms with Crippen molar-refractivity contribution < 1.29 is 4.92 Å². The Bertz CT molecular complexity index is 662. The summed E-state index contributed by atoms with van der Waals surface area (Å²) in [6, 6.07) is 8.27. The van der Waals surface area contributed by atoms with Crippen LogP contribution in [0.1, 0.15) is 19.3 Å². The summed E-state index contributed by atoms with van der Waals surface area (Å²) >= 11 is 0. The van der Waals surface area contributed by atoms with E-state index >= 15 is 0 Å². The highest BCUT2D eigenvalue weighted by molar-refractivity contribution is 5.70. The summed E-state index contributed by atoms with van der Waals surface area (Å²) in [5.74, 6) is 0. The fourth-order valence-corrected chi connectivity index (χ4v) is 2.41. The molecule has 0 aliphatic carbocycles. The summed E-state index contributed by atoms with van der Waals surface area (Å²) in [6.45, 7) is 1.64. The Morgan fingerprint density at radius 2 is 1.95 bits per heavy atom. The Balaban J connectivity index is 2.27. The van der Waals surface area contributed by atoms with Gasteiger partial charge in [0.05, 0.1) is 4.92 Å². The van der Waals surface area contributed by atoms with E-state index in [4.69, 9.17) is 10.5 Å². The van der Waals surface area contributed by atoms with Crippen LogP contribution in [0.15, 0.2) is 30.0 Å². The minimum absolute atomic E-state index is 0.0239. The van der Waals surface area contributed by atoms with Gasteiger partial charge in [-0.25, -0.2) is 0 Å². The minimum atomic E-state index is -0.408. The highest BCUT2D eigenvalue weighted by Gasteiger charge is 2.21. The zero-order chi connectivity index (χ0) is 15.9. The lowest BCUT2D eigenvalue weighted by atomic mass is 10.1. The second-order valence-corrected chi connectivity index (χ2v) is 4.93. The van der Waals surface area contributed by atoms with Crippen LogP contribution >= 0.6 is 0 Å². The van der Waals surface area contributed by atoms with E-state index in [2.05, 4.69) is 5.32 Å². The highest BCUT2D eigenvalue weighted by atomic mass is 16.6. The molecule has 0 atom stereocenters. The van der Waals surface area contributed by atoms with E-state index < -0.39 is 4.92 Å². The van der Waals surface area contributed by atoms with Crippen molar-refractivity contribution in [3.8, 4) is 12.1 Å². The molecule has 1 aromatic carbocycles. The average Bonchev–Trinajstić information content (AvgIpc) is 2.56. The highest BCUT2D eigenvalue weighted by Crippen LogP contribution is 2.32. The number of allylic oxidation sites excluding steroid dienone is 1. The second-order valence-electron chi connectivity index (χ2n) is 4.93. The smallest absolute Gasteiger partial charge is 0.294 e. The van der Waals surface area contributed by atoms with Crippen molar-refractivity contribution >= 4 is 17.1 Å². The normalized spacial score (nSPS) is 13.6. The van der Waals surface area contributed by atoms with E-state index in [9.17, 15) is 10.1 Å². The fraction of sp³-hybridized carbons (Fsp3) is 0.333. The van der Waals surface area contributed by atoms with Gasteiger partial charge in [0.25, 0.3) is 5.69 Å². The molecule has 0 amide bonds. The molecule has 7 nitrogen and oxygen atoms in total. The predicted octanol–water partition coefficient (Wildman–Crippen LogP) is 2.93. The fourth-order valence-electron chi connectivity index (χ4n) is 2.41. The summed E-state index contributed by atoms with van der Waals surface area (Å²) < 4.78 is 0.